The van der Waals surface area contributed by atoms with Gasteiger partial charge in [0, 0.05) is 22.4 Å². The van der Waals surface area contributed by atoms with E-state index in [-0.39, 0.29) is 0 Å². The molecule has 1 aliphatic rings. The van der Waals surface area contributed by atoms with Gasteiger partial charge in [-0.2, -0.15) is 5.26 Å². The number of thioether (sulfide) groups is 1. The van der Waals surface area contributed by atoms with Crippen molar-refractivity contribution < 1.29 is 0 Å². The van der Waals surface area contributed by atoms with Crippen LogP contribution in [0.4, 0.5) is 5.69 Å². The summed E-state index contributed by atoms with van der Waals surface area (Å²) in [6.45, 7) is 0. The summed E-state index contributed by atoms with van der Waals surface area (Å²) >= 11 is 1.82. The fourth-order valence-electron chi connectivity index (χ4n) is 1.38. The molecule has 1 atom stereocenters. The van der Waals surface area contributed by atoms with Gasteiger partial charge in [-0.3, -0.25) is 0 Å². The second-order valence-corrected chi connectivity index (χ2v) is 4.07. The van der Waals surface area contributed by atoms with Crippen LogP contribution in [-0.4, -0.2) is 11.8 Å². The summed E-state index contributed by atoms with van der Waals surface area (Å²) in [6.07, 6.45) is 0.585. The lowest BCUT2D eigenvalue weighted by Crippen LogP contribution is -2.25. The highest BCUT2D eigenvalue weighted by atomic mass is 32.2. The first kappa shape index (κ1) is 8.46. The van der Waals surface area contributed by atoms with E-state index < -0.39 is 0 Å². The van der Waals surface area contributed by atoms with Gasteiger partial charge in [0.1, 0.15) is 0 Å². The highest BCUT2D eigenvalue weighted by Gasteiger charge is 2.16. The monoisotopic (exact) mass is 190 g/mol. The van der Waals surface area contributed by atoms with E-state index in [9.17, 15) is 0 Å². The SMILES string of the molecule is N#CCC1CSc2ccccc2N1. The van der Waals surface area contributed by atoms with Gasteiger partial charge in [-0.15, -0.1) is 11.8 Å². The molecule has 66 valence electrons. The molecule has 0 saturated heterocycles. The first-order valence-corrected chi connectivity index (χ1v) is 5.24. The molecule has 0 amide bonds. The highest BCUT2D eigenvalue weighted by molar-refractivity contribution is 7.99. The zero-order chi connectivity index (χ0) is 9.10. The molecule has 1 aromatic rings. The largest absolute Gasteiger partial charge is 0.380 e. The Balaban J connectivity index is 2.16. The molecular formula is C10H10N2S. The van der Waals surface area contributed by atoms with E-state index in [4.69, 9.17) is 5.26 Å². The normalized spacial score (nSPS) is 19.8. The topological polar surface area (TPSA) is 35.8 Å². The third kappa shape index (κ3) is 1.78. The van der Waals surface area contributed by atoms with Gasteiger partial charge in [0.2, 0.25) is 0 Å². The standard InChI is InChI=1S/C10H10N2S/c11-6-5-8-7-13-10-4-2-1-3-9(10)12-8/h1-4,8,12H,5,7H2. The lowest BCUT2D eigenvalue weighted by molar-refractivity contribution is 0.820. The molecule has 3 heteroatoms. The molecule has 0 fully saturated rings. The molecule has 1 heterocycles. The molecule has 0 spiro atoms. The van der Waals surface area contributed by atoms with Gasteiger partial charge in [0.05, 0.1) is 12.5 Å². The average molecular weight is 190 g/mol. The minimum Gasteiger partial charge on any atom is -0.380 e. The number of benzene rings is 1. The zero-order valence-corrected chi connectivity index (χ0v) is 7.97. The van der Waals surface area contributed by atoms with Crippen molar-refractivity contribution in [2.45, 2.75) is 17.4 Å². The van der Waals surface area contributed by atoms with E-state index in [1.54, 1.807) is 0 Å². The molecule has 0 saturated carbocycles. The molecule has 2 rings (SSSR count). The van der Waals surface area contributed by atoms with Crippen LogP contribution < -0.4 is 5.32 Å². The predicted octanol–water partition coefficient (Wildman–Crippen LogP) is 2.49. The smallest absolute Gasteiger partial charge is 0.0643 e. The summed E-state index contributed by atoms with van der Waals surface area (Å²) in [5.41, 5.74) is 1.17. The van der Waals surface area contributed by atoms with Crippen LogP contribution in [0, 0.1) is 11.3 Å². The predicted molar refractivity (Wildman–Crippen MR) is 54.8 cm³/mol. The average Bonchev–Trinajstić information content (AvgIpc) is 2.18. The summed E-state index contributed by atoms with van der Waals surface area (Å²) in [6, 6.07) is 10.7. The van der Waals surface area contributed by atoms with E-state index in [2.05, 4.69) is 23.5 Å². The number of nitriles is 1. The first-order chi connectivity index (χ1) is 6.40. The molecular weight excluding hydrogens is 180 g/mol. The molecule has 0 radical (unpaired) electrons. The van der Waals surface area contributed by atoms with Crippen molar-refractivity contribution >= 4 is 17.4 Å². The fraction of sp³-hybridized carbons (Fsp3) is 0.300. The Bertz CT molecular complexity index is 343. The van der Waals surface area contributed by atoms with Crippen molar-refractivity contribution in [3.05, 3.63) is 24.3 Å². The summed E-state index contributed by atoms with van der Waals surface area (Å²) in [5, 5.41) is 11.9. The molecule has 13 heavy (non-hydrogen) atoms. The van der Waals surface area contributed by atoms with Crippen LogP contribution in [0.25, 0.3) is 0 Å². The molecule has 1 unspecified atom stereocenters. The van der Waals surface area contributed by atoms with Crippen LogP contribution in [0.1, 0.15) is 6.42 Å². The number of fused-ring (bicyclic) bond motifs is 1. The molecule has 0 aromatic heterocycles. The first-order valence-electron chi connectivity index (χ1n) is 4.25. The van der Waals surface area contributed by atoms with Gasteiger partial charge in [0.15, 0.2) is 0 Å². The van der Waals surface area contributed by atoms with Crippen molar-refractivity contribution in [3.8, 4) is 6.07 Å². The highest BCUT2D eigenvalue weighted by Crippen LogP contribution is 2.33. The van der Waals surface area contributed by atoms with Crippen LogP contribution in [0.15, 0.2) is 29.2 Å². The Morgan fingerprint density at radius 3 is 3.23 bits per heavy atom. The third-order valence-corrected chi connectivity index (χ3v) is 3.26. The second kappa shape index (κ2) is 3.71. The molecule has 1 aliphatic heterocycles. The minimum absolute atomic E-state index is 0.310. The van der Waals surface area contributed by atoms with Crippen molar-refractivity contribution in [2.24, 2.45) is 0 Å². The van der Waals surface area contributed by atoms with E-state index in [0.717, 1.165) is 5.75 Å². The summed E-state index contributed by atoms with van der Waals surface area (Å²) in [7, 11) is 0. The van der Waals surface area contributed by atoms with Crippen molar-refractivity contribution in [3.63, 3.8) is 0 Å². The van der Waals surface area contributed by atoms with E-state index >= 15 is 0 Å². The van der Waals surface area contributed by atoms with Crippen molar-refractivity contribution in [1.82, 2.24) is 0 Å². The Morgan fingerprint density at radius 2 is 2.38 bits per heavy atom. The molecule has 1 N–H and O–H groups in total. The van der Waals surface area contributed by atoms with Crippen LogP contribution in [0.2, 0.25) is 0 Å². The van der Waals surface area contributed by atoms with Crippen LogP contribution in [0.5, 0.6) is 0 Å². The number of nitrogens with one attached hydrogen (secondary N) is 1. The Morgan fingerprint density at radius 1 is 1.54 bits per heavy atom. The van der Waals surface area contributed by atoms with Gasteiger partial charge >= 0.3 is 0 Å². The number of anilines is 1. The number of hydrogen-bond donors (Lipinski definition) is 1. The quantitative estimate of drug-likeness (QED) is 0.739. The Hall–Kier alpha value is -1.14. The fourth-order valence-corrected chi connectivity index (χ4v) is 2.42. The molecule has 0 bridgehead atoms. The third-order valence-electron chi connectivity index (χ3n) is 2.02. The van der Waals surface area contributed by atoms with Gasteiger partial charge in [-0.05, 0) is 12.1 Å². The van der Waals surface area contributed by atoms with Crippen LogP contribution >= 0.6 is 11.8 Å². The molecule has 2 nitrogen and oxygen atoms in total. The number of nitrogens with zero attached hydrogens (tertiary/aromatic N) is 1. The van der Waals surface area contributed by atoms with Crippen molar-refractivity contribution in [2.75, 3.05) is 11.1 Å². The second-order valence-electron chi connectivity index (χ2n) is 3.01. The van der Waals surface area contributed by atoms with Crippen molar-refractivity contribution in [1.29, 1.82) is 5.26 Å². The van der Waals surface area contributed by atoms with Gasteiger partial charge in [-0.1, -0.05) is 12.1 Å². The van der Waals surface area contributed by atoms with E-state index in [1.165, 1.54) is 10.6 Å². The zero-order valence-electron chi connectivity index (χ0n) is 7.16. The maximum Gasteiger partial charge on any atom is 0.0643 e. The number of hydrogen-bond acceptors (Lipinski definition) is 3. The molecule has 1 aromatic carbocycles. The van der Waals surface area contributed by atoms with E-state index in [1.807, 2.05) is 23.9 Å². The maximum atomic E-state index is 8.57. The molecule has 0 aliphatic carbocycles. The summed E-state index contributed by atoms with van der Waals surface area (Å²) < 4.78 is 0. The minimum atomic E-state index is 0.310. The Kier molecular flexibility index (Phi) is 2.42. The summed E-state index contributed by atoms with van der Waals surface area (Å²) in [4.78, 5) is 1.29. The Labute approximate surface area is 82.0 Å². The van der Waals surface area contributed by atoms with Gasteiger partial charge in [-0.25, -0.2) is 0 Å². The maximum absolute atomic E-state index is 8.57. The lowest BCUT2D eigenvalue weighted by atomic mass is 10.2. The number of rotatable bonds is 1. The number of para-hydroxylation sites is 1. The summed E-state index contributed by atoms with van der Waals surface area (Å²) in [5.74, 6) is 0.991. The van der Waals surface area contributed by atoms with Crippen LogP contribution in [-0.2, 0) is 0 Å². The van der Waals surface area contributed by atoms with E-state index in [0.29, 0.717) is 12.5 Å². The van der Waals surface area contributed by atoms with Crippen LogP contribution in [0.3, 0.4) is 0 Å². The van der Waals surface area contributed by atoms with Gasteiger partial charge < -0.3 is 5.32 Å². The lowest BCUT2D eigenvalue weighted by Gasteiger charge is -2.24. The van der Waals surface area contributed by atoms with Gasteiger partial charge in [0.25, 0.3) is 0 Å².